The first-order valence-electron chi connectivity index (χ1n) is 2.53. The van der Waals surface area contributed by atoms with Crippen molar-refractivity contribution in [1.29, 1.82) is 0 Å². The molecule has 4 rings (SSSR count). The van der Waals surface area contributed by atoms with Crippen molar-refractivity contribution in [3.8, 4) is 0 Å². The maximum atomic E-state index is 2.44. The van der Waals surface area contributed by atoms with E-state index >= 15 is 0 Å². The van der Waals surface area contributed by atoms with Gasteiger partial charge in [-0.1, -0.05) is 0 Å². The van der Waals surface area contributed by atoms with Gasteiger partial charge in [0.1, 0.15) is 6.17 Å². The molecule has 2 bridgehead atoms. The first-order chi connectivity index (χ1) is 2.98. The number of hydrogen-bond acceptors (Lipinski definition) is 2. The molecule has 0 aliphatic carbocycles. The lowest BCUT2D eigenvalue weighted by atomic mass is 10.4. The van der Waals surface area contributed by atoms with Crippen LogP contribution in [0.3, 0.4) is 0 Å². The van der Waals surface area contributed by atoms with Crippen LogP contribution in [0.1, 0.15) is 6.42 Å². The van der Waals surface area contributed by atoms with Gasteiger partial charge in [0, 0.05) is 6.54 Å². The molecule has 4 fully saturated rings. The summed E-state index contributed by atoms with van der Waals surface area (Å²) in [5.41, 5.74) is 0. The summed E-state index contributed by atoms with van der Waals surface area (Å²) in [5, 5.41) is 4.87. The lowest BCUT2D eigenvalue weighted by Crippen LogP contribution is -2.05. The summed E-state index contributed by atoms with van der Waals surface area (Å²) < 4.78 is 0. The first kappa shape index (κ1) is 2.28. The highest BCUT2D eigenvalue weighted by atomic mass is 16.0. The molecule has 0 aromatic carbocycles. The minimum absolute atomic E-state index is 0.963. The summed E-state index contributed by atoms with van der Waals surface area (Å²) in [4.78, 5) is 0. The SMILES string of the molecule is C1CN2C3C1N32. The zero-order valence-electron chi connectivity index (χ0n) is 3.46. The van der Waals surface area contributed by atoms with Crippen LogP contribution in [-0.2, 0) is 0 Å². The van der Waals surface area contributed by atoms with Crippen molar-refractivity contribution in [2.75, 3.05) is 6.54 Å². The Morgan fingerprint density at radius 1 is 1.50 bits per heavy atom. The van der Waals surface area contributed by atoms with Crippen molar-refractivity contribution < 1.29 is 0 Å². The van der Waals surface area contributed by atoms with E-state index in [1.54, 1.807) is 0 Å². The molecular formula is C4H6N2. The summed E-state index contributed by atoms with van der Waals surface area (Å²) in [7, 11) is 0. The van der Waals surface area contributed by atoms with E-state index in [0.29, 0.717) is 0 Å². The van der Waals surface area contributed by atoms with E-state index in [9.17, 15) is 0 Å². The Labute approximate surface area is 36.3 Å². The molecule has 0 radical (unpaired) electrons. The molecule has 0 N–H and O–H groups in total. The molecule has 0 saturated carbocycles. The second kappa shape index (κ2) is 0.390. The van der Waals surface area contributed by atoms with Crippen LogP contribution in [-0.4, -0.2) is 28.8 Å². The Morgan fingerprint density at radius 2 is 2.33 bits per heavy atom. The smallest absolute Gasteiger partial charge is 0.107 e. The molecule has 4 unspecified atom stereocenters. The molecule has 0 spiro atoms. The van der Waals surface area contributed by atoms with Gasteiger partial charge in [-0.3, -0.25) is 0 Å². The van der Waals surface area contributed by atoms with Gasteiger partial charge < -0.3 is 0 Å². The Hall–Kier alpha value is -0.0800. The van der Waals surface area contributed by atoms with Gasteiger partial charge in [-0.05, 0) is 6.42 Å². The molecule has 4 aliphatic heterocycles. The van der Waals surface area contributed by atoms with E-state index < -0.39 is 0 Å². The predicted molar refractivity (Wildman–Crippen MR) is 20.7 cm³/mol. The zero-order chi connectivity index (χ0) is 3.72. The molecule has 2 nitrogen and oxygen atoms in total. The monoisotopic (exact) mass is 82.1 g/mol. The van der Waals surface area contributed by atoms with E-state index in [4.69, 9.17) is 0 Å². The van der Waals surface area contributed by atoms with Gasteiger partial charge in [0.05, 0.1) is 6.04 Å². The van der Waals surface area contributed by atoms with Crippen molar-refractivity contribution >= 4 is 0 Å². The van der Waals surface area contributed by atoms with Crippen LogP contribution in [0.25, 0.3) is 0 Å². The summed E-state index contributed by atoms with van der Waals surface area (Å²) in [5.74, 6) is 0. The zero-order valence-corrected chi connectivity index (χ0v) is 3.46. The largest absolute Gasteiger partial charge is 0.219 e. The molecular weight excluding hydrogens is 76.1 g/mol. The highest BCUT2D eigenvalue weighted by Crippen LogP contribution is 2.57. The van der Waals surface area contributed by atoms with Crippen LogP contribution in [0, 0.1) is 0 Å². The summed E-state index contributed by atoms with van der Waals surface area (Å²) in [6.45, 7) is 1.36. The Kier molecular flexibility index (Phi) is 0.149. The van der Waals surface area contributed by atoms with Crippen LogP contribution in [0.4, 0.5) is 0 Å². The number of rotatable bonds is 0. The van der Waals surface area contributed by atoms with Gasteiger partial charge in [0.25, 0.3) is 0 Å². The fourth-order valence-electron chi connectivity index (χ4n) is 1.60. The molecule has 0 aromatic rings. The van der Waals surface area contributed by atoms with Gasteiger partial charge in [0.15, 0.2) is 0 Å². The lowest BCUT2D eigenvalue weighted by molar-refractivity contribution is 0.355. The van der Waals surface area contributed by atoms with Crippen molar-refractivity contribution in [2.45, 2.75) is 18.6 Å². The van der Waals surface area contributed by atoms with Crippen LogP contribution in [0.2, 0.25) is 0 Å². The average molecular weight is 82.1 g/mol. The Balaban J connectivity index is 2.21. The molecule has 4 aliphatic rings. The van der Waals surface area contributed by atoms with Gasteiger partial charge in [-0.2, -0.15) is 0 Å². The first-order valence-corrected chi connectivity index (χ1v) is 2.53. The maximum Gasteiger partial charge on any atom is 0.107 e. The van der Waals surface area contributed by atoms with Crippen molar-refractivity contribution in [1.82, 2.24) is 10.0 Å². The average Bonchev–Trinajstić information content (AvgIpc) is 2.30. The minimum atomic E-state index is 0.963. The van der Waals surface area contributed by atoms with E-state index in [1.165, 1.54) is 13.0 Å². The third kappa shape index (κ3) is 0.0764. The third-order valence-electron chi connectivity index (χ3n) is 2.07. The van der Waals surface area contributed by atoms with Crippen molar-refractivity contribution in [2.24, 2.45) is 0 Å². The van der Waals surface area contributed by atoms with Gasteiger partial charge in [-0.15, -0.1) is 0 Å². The highest BCUT2D eigenvalue weighted by Gasteiger charge is 2.74. The molecule has 32 valence electrons. The van der Waals surface area contributed by atoms with E-state index in [-0.39, 0.29) is 0 Å². The normalized spacial score (nSPS) is 80.0. The van der Waals surface area contributed by atoms with E-state index in [0.717, 1.165) is 12.2 Å². The van der Waals surface area contributed by atoms with E-state index in [2.05, 4.69) is 10.0 Å². The van der Waals surface area contributed by atoms with Gasteiger partial charge in [-0.25, -0.2) is 10.0 Å². The summed E-state index contributed by atoms with van der Waals surface area (Å²) >= 11 is 0. The molecule has 4 atom stereocenters. The predicted octanol–water partition coefficient (Wildman–Crippen LogP) is -0.369. The standard InChI is InChI=1S/C4H6N2/c1-2-5-4-3(1)6(4)5/h3-4H,1-2H2. The number of nitrogens with zero attached hydrogens (tertiary/aromatic N) is 2. The van der Waals surface area contributed by atoms with Crippen molar-refractivity contribution in [3.05, 3.63) is 0 Å². The molecule has 0 amide bonds. The van der Waals surface area contributed by atoms with E-state index in [1.807, 2.05) is 0 Å². The molecule has 0 aromatic heterocycles. The minimum Gasteiger partial charge on any atom is -0.219 e. The lowest BCUT2D eigenvalue weighted by Gasteiger charge is -1.88. The molecule has 4 saturated heterocycles. The van der Waals surface area contributed by atoms with Crippen molar-refractivity contribution in [3.63, 3.8) is 0 Å². The molecule has 4 heterocycles. The number of hydrazine groups is 1. The Morgan fingerprint density at radius 3 is 2.50 bits per heavy atom. The third-order valence-corrected chi connectivity index (χ3v) is 2.07. The Bertz CT molecular complexity index is 78.1. The topological polar surface area (TPSA) is 6.02 Å². The summed E-state index contributed by atoms with van der Waals surface area (Å²) in [6.07, 6.45) is 2.41. The van der Waals surface area contributed by atoms with Crippen LogP contribution < -0.4 is 0 Å². The van der Waals surface area contributed by atoms with Crippen LogP contribution in [0.15, 0.2) is 0 Å². The van der Waals surface area contributed by atoms with Gasteiger partial charge >= 0.3 is 0 Å². The summed E-state index contributed by atoms with van der Waals surface area (Å²) in [6, 6.07) is 1.03. The van der Waals surface area contributed by atoms with Crippen LogP contribution >= 0.6 is 0 Å². The molecule has 6 heavy (non-hydrogen) atoms. The molecule has 2 heteroatoms. The fraction of sp³-hybridized carbons (Fsp3) is 1.00. The van der Waals surface area contributed by atoms with Gasteiger partial charge in [0.2, 0.25) is 0 Å². The quantitative estimate of drug-likeness (QED) is 0.368. The maximum absolute atomic E-state index is 2.44. The fourth-order valence-corrected chi connectivity index (χ4v) is 1.60. The second-order valence-corrected chi connectivity index (χ2v) is 2.31. The number of hydrogen-bond donors (Lipinski definition) is 0. The van der Waals surface area contributed by atoms with Crippen LogP contribution in [0.5, 0.6) is 0 Å². The second-order valence-electron chi connectivity index (χ2n) is 2.31. The highest BCUT2D eigenvalue weighted by molar-refractivity contribution is 5.18. The number of fused-ring (bicyclic) bond motifs is 1.